The van der Waals surface area contributed by atoms with Crippen LogP contribution in [0.4, 0.5) is 5.13 Å². The zero-order valence-electron chi connectivity index (χ0n) is 17.0. The van der Waals surface area contributed by atoms with Gasteiger partial charge >= 0.3 is 0 Å². The molecule has 0 unspecified atom stereocenters. The summed E-state index contributed by atoms with van der Waals surface area (Å²) in [5.41, 5.74) is 0.435. The van der Waals surface area contributed by atoms with E-state index in [0.717, 1.165) is 5.13 Å². The van der Waals surface area contributed by atoms with Crippen molar-refractivity contribution < 1.29 is 14.3 Å². The maximum atomic E-state index is 12.6. The molecule has 6 nitrogen and oxygen atoms in total. The lowest BCUT2D eigenvalue weighted by Crippen LogP contribution is -2.50. The highest BCUT2D eigenvalue weighted by Gasteiger charge is 2.38. The molecule has 8 heteroatoms. The summed E-state index contributed by atoms with van der Waals surface area (Å²) in [5.74, 6) is 0.110. The zero-order valence-corrected chi connectivity index (χ0v) is 18.8. The van der Waals surface area contributed by atoms with Gasteiger partial charge in [-0.15, -0.1) is 11.3 Å². The average molecular weight is 400 g/mol. The van der Waals surface area contributed by atoms with Gasteiger partial charge in [0.2, 0.25) is 0 Å². The molecular weight excluding hydrogens is 366 g/mol. The fourth-order valence-corrected chi connectivity index (χ4v) is 4.14. The number of aromatic nitrogens is 1. The minimum absolute atomic E-state index is 0.0485. The first-order valence-corrected chi connectivity index (χ1v) is 13.0. The summed E-state index contributed by atoms with van der Waals surface area (Å²) in [6.45, 7) is 17.0. The summed E-state index contributed by atoms with van der Waals surface area (Å²) >= 11 is 1.44. The highest BCUT2D eigenvalue weighted by atomic mass is 32.1. The molecule has 1 atom stereocenters. The van der Waals surface area contributed by atoms with Crippen LogP contribution in [0.2, 0.25) is 18.1 Å². The fraction of sp³-hybridized carbons (Fsp3) is 0.778. The Labute approximate surface area is 162 Å². The molecule has 148 valence electrons. The Hall–Kier alpha value is -0.963. The first kappa shape index (κ1) is 21.3. The van der Waals surface area contributed by atoms with E-state index in [2.05, 4.69) is 58.0 Å². The fourth-order valence-electron chi connectivity index (χ4n) is 2.28. The summed E-state index contributed by atoms with van der Waals surface area (Å²) in [4.78, 5) is 19.0. The maximum absolute atomic E-state index is 12.6. The van der Waals surface area contributed by atoms with E-state index in [0.29, 0.717) is 25.4 Å². The standard InChI is InChI=1S/C18H33N3O3SSi/c1-12(2)14(10-24-26(6,7)18(3,4)5)19-16(23)15-11-25-17(20-15)21-8-13(22)9-21/h11-14,22H,8-10H2,1-7H3,(H,19,23)/t14-/m1/s1. The van der Waals surface area contributed by atoms with Crippen LogP contribution < -0.4 is 10.2 Å². The van der Waals surface area contributed by atoms with Gasteiger partial charge in [0.1, 0.15) is 5.69 Å². The van der Waals surface area contributed by atoms with Gasteiger partial charge in [-0.1, -0.05) is 34.6 Å². The summed E-state index contributed by atoms with van der Waals surface area (Å²) in [7, 11) is -1.85. The Balaban J connectivity index is 1.95. The van der Waals surface area contributed by atoms with Crippen LogP contribution in [-0.2, 0) is 4.43 Å². The minimum atomic E-state index is -1.85. The zero-order chi connectivity index (χ0) is 19.7. The monoisotopic (exact) mass is 399 g/mol. The molecule has 2 heterocycles. The van der Waals surface area contributed by atoms with E-state index in [9.17, 15) is 9.90 Å². The Morgan fingerprint density at radius 2 is 2.08 bits per heavy atom. The molecule has 1 saturated heterocycles. The normalized spacial score (nSPS) is 17.3. The number of nitrogens with one attached hydrogen (secondary N) is 1. The topological polar surface area (TPSA) is 74.7 Å². The minimum Gasteiger partial charge on any atom is -0.415 e. The van der Waals surface area contributed by atoms with Gasteiger partial charge in [0.05, 0.1) is 18.8 Å². The largest absolute Gasteiger partial charge is 0.415 e. The predicted octanol–water partition coefficient (Wildman–Crippen LogP) is 3.10. The van der Waals surface area contributed by atoms with E-state index >= 15 is 0 Å². The van der Waals surface area contributed by atoms with Crippen LogP contribution >= 0.6 is 11.3 Å². The van der Waals surface area contributed by atoms with E-state index in [-0.39, 0.29) is 29.0 Å². The Kier molecular flexibility index (Phi) is 6.53. The summed E-state index contributed by atoms with van der Waals surface area (Å²) in [6.07, 6.45) is -0.283. The number of hydrogen-bond donors (Lipinski definition) is 2. The van der Waals surface area contributed by atoms with Gasteiger partial charge in [-0.2, -0.15) is 0 Å². The number of aliphatic hydroxyl groups is 1. The number of amides is 1. The van der Waals surface area contributed by atoms with Gasteiger partial charge in [0.15, 0.2) is 13.4 Å². The molecular formula is C18H33N3O3SSi. The van der Waals surface area contributed by atoms with Gasteiger partial charge in [0, 0.05) is 18.5 Å². The van der Waals surface area contributed by atoms with E-state index < -0.39 is 8.32 Å². The van der Waals surface area contributed by atoms with Crippen molar-refractivity contribution in [2.24, 2.45) is 5.92 Å². The second-order valence-corrected chi connectivity index (χ2v) is 14.6. The molecule has 0 bridgehead atoms. The van der Waals surface area contributed by atoms with Gasteiger partial charge in [-0.3, -0.25) is 4.79 Å². The third kappa shape index (κ3) is 5.06. The van der Waals surface area contributed by atoms with Crippen molar-refractivity contribution in [1.29, 1.82) is 0 Å². The molecule has 0 aromatic carbocycles. The third-order valence-corrected chi connectivity index (χ3v) is 10.8. The van der Waals surface area contributed by atoms with Crippen molar-refractivity contribution >= 4 is 30.7 Å². The summed E-state index contributed by atoms with van der Waals surface area (Å²) < 4.78 is 6.31. The molecule has 2 rings (SSSR count). The van der Waals surface area contributed by atoms with Gasteiger partial charge < -0.3 is 19.7 Å². The van der Waals surface area contributed by atoms with E-state index in [1.807, 2.05) is 4.90 Å². The third-order valence-electron chi connectivity index (χ3n) is 5.41. The molecule has 1 aliphatic rings. The number of anilines is 1. The van der Waals surface area contributed by atoms with Gasteiger partial charge in [-0.05, 0) is 24.1 Å². The van der Waals surface area contributed by atoms with Crippen LogP contribution in [0, 0.1) is 5.92 Å². The van der Waals surface area contributed by atoms with Crippen LogP contribution in [-0.4, -0.2) is 56.2 Å². The van der Waals surface area contributed by atoms with E-state index in [1.165, 1.54) is 11.3 Å². The van der Waals surface area contributed by atoms with Crippen molar-refractivity contribution in [3.63, 3.8) is 0 Å². The number of rotatable bonds is 7. The first-order chi connectivity index (χ1) is 11.9. The summed E-state index contributed by atoms with van der Waals surface area (Å²) in [6, 6.07) is -0.0485. The van der Waals surface area contributed by atoms with Crippen molar-refractivity contribution in [3.05, 3.63) is 11.1 Å². The molecule has 26 heavy (non-hydrogen) atoms. The van der Waals surface area contributed by atoms with Crippen LogP contribution in [0.1, 0.15) is 45.1 Å². The highest BCUT2D eigenvalue weighted by molar-refractivity contribution is 7.14. The SMILES string of the molecule is CC(C)[C@@H](CO[Si](C)(C)C(C)(C)C)NC(=O)c1csc(N2CC(O)C2)n1. The molecule has 1 amide bonds. The molecule has 0 saturated carbocycles. The van der Waals surface area contributed by atoms with Crippen LogP contribution in [0.3, 0.4) is 0 Å². The Morgan fingerprint density at radius 1 is 1.46 bits per heavy atom. The smallest absolute Gasteiger partial charge is 0.271 e. The molecule has 0 aliphatic carbocycles. The van der Waals surface area contributed by atoms with Crippen LogP contribution in [0.5, 0.6) is 0 Å². The lowest BCUT2D eigenvalue weighted by Gasteiger charge is -2.38. The lowest BCUT2D eigenvalue weighted by atomic mass is 10.1. The second-order valence-electron chi connectivity index (χ2n) is 8.97. The molecule has 0 radical (unpaired) electrons. The van der Waals surface area contributed by atoms with Crippen molar-refractivity contribution in [1.82, 2.24) is 10.3 Å². The van der Waals surface area contributed by atoms with Crippen molar-refractivity contribution in [3.8, 4) is 0 Å². The number of thiazole rings is 1. The van der Waals surface area contributed by atoms with Crippen molar-refractivity contribution in [2.45, 2.75) is 64.9 Å². The number of aliphatic hydroxyl groups excluding tert-OH is 1. The molecule has 1 fully saturated rings. The molecule has 1 aromatic heterocycles. The molecule has 1 aliphatic heterocycles. The van der Waals surface area contributed by atoms with Crippen LogP contribution in [0.15, 0.2) is 5.38 Å². The lowest BCUT2D eigenvalue weighted by molar-refractivity contribution is 0.0895. The van der Waals surface area contributed by atoms with Crippen LogP contribution in [0.25, 0.3) is 0 Å². The number of hydrogen-bond acceptors (Lipinski definition) is 6. The van der Waals surface area contributed by atoms with E-state index in [4.69, 9.17) is 4.43 Å². The molecule has 2 N–H and O–H groups in total. The number of nitrogens with zero attached hydrogens (tertiary/aromatic N) is 2. The maximum Gasteiger partial charge on any atom is 0.271 e. The first-order valence-electron chi connectivity index (χ1n) is 9.24. The number of carbonyl (C=O) groups excluding carboxylic acids is 1. The predicted molar refractivity (Wildman–Crippen MR) is 110 cm³/mol. The van der Waals surface area contributed by atoms with Gasteiger partial charge in [0.25, 0.3) is 5.91 Å². The van der Waals surface area contributed by atoms with Gasteiger partial charge in [-0.25, -0.2) is 4.98 Å². The molecule has 0 spiro atoms. The van der Waals surface area contributed by atoms with Crippen molar-refractivity contribution in [2.75, 3.05) is 24.6 Å². The number of carbonyl (C=O) groups is 1. The second kappa shape index (κ2) is 7.96. The molecule has 1 aromatic rings. The average Bonchev–Trinajstić information content (AvgIpc) is 2.96. The number of β-amino-alcohol motifs (C(OH)–C–C–N with tert-alkyl or cyclic N) is 1. The highest BCUT2D eigenvalue weighted by Crippen LogP contribution is 2.36. The Bertz CT molecular complexity index is 621. The van der Waals surface area contributed by atoms with E-state index in [1.54, 1.807) is 5.38 Å². The summed E-state index contributed by atoms with van der Waals surface area (Å²) in [5, 5.41) is 15.2. The quantitative estimate of drug-likeness (QED) is 0.689. The Morgan fingerprint density at radius 3 is 2.58 bits per heavy atom.